The molecule has 1 aliphatic rings. The molecule has 20 heavy (non-hydrogen) atoms. The van der Waals surface area contributed by atoms with Gasteiger partial charge in [0.2, 0.25) is 0 Å². The topological polar surface area (TPSA) is 41.6 Å². The zero-order chi connectivity index (χ0) is 15.0. The first-order valence-corrected chi connectivity index (χ1v) is 8.22. The summed E-state index contributed by atoms with van der Waals surface area (Å²) in [5.41, 5.74) is 0. The zero-order valence-corrected chi connectivity index (χ0v) is 13.7. The minimum Gasteiger partial charge on any atom is -0.465 e. The van der Waals surface area contributed by atoms with E-state index in [0.717, 1.165) is 38.4 Å². The Morgan fingerprint density at radius 1 is 1.35 bits per heavy atom. The summed E-state index contributed by atoms with van der Waals surface area (Å²) in [6.07, 6.45) is 4.48. The Bertz CT molecular complexity index is 284. The van der Waals surface area contributed by atoms with Crippen molar-refractivity contribution >= 4 is 5.97 Å². The van der Waals surface area contributed by atoms with Crippen molar-refractivity contribution in [3.63, 3.8) is 0 Å². The molecule has 1 fully saturated rings. The number of carbonyl (C=O) groups excluding carboxylic acids is 1. The van der Waals surface area contributed by atoms with E-state index in [2.05, 4.69) is 31.0 Å². The fourth-order valence-electron chi connectivity index (χ4n) is 2.85. The summed E-state index contributed by atoms with van der Waals surface area (Å²) in [5, 5.41) is 3.32. The molecule has 0 aromatic carbocycles. The Labute approximate surface area is 124 Å². The van der Waals surface area contributed by atoms with E-state index in [1.54, 1.807) is 0 Å². The Morgan fingerprint density at radius 3 is 2.75 bits per heavy atom. The SMILES string of the molecule is CCCNC(CCN1CC(C)CCC1C)C(=O)OCC. The second-order valence-electron chi connectivity index (χ2n) is 6.07. The minimum atomic E-state index is -0.153. The van der Waals surface area contributed by atoms with Crippen LogP contribution in [0.2, 0.25) is 0 Å². The van der Waals surface area contributed by atoms with Gasteiger partial charge in [-0.1, -0.05) is 13.8 Å². The Hall–Kier alpha value is -0.610. The van der Waals surface area contributed by atoms with Crippen LogP contribution in [0.15, 0.2) is 0 Å². The van der Waals surface area contributed by atoms with Crippen molar-refractivity contribution in [1.29, 1.82) is 0 Å². The van der Waals surface area contributed by atoms with Gasteiger partial charge in [-0.25, -0.2) is 0 Å². The molecule has 0 saturated carbocycles. The first kappa shape index (κ1) is 17.4. The van der Waals surface area contributed by atoms with Gasteiger partial charge in [0.15, 0.2) is 0 Å². The van der Waals surface area contributed by atoms with Crippen LogP contribution in [-0.4, -0.2) is 49.2 Å². The van der Waals surface area contributed by atoms with Gasteiger partial charge in [0.25, 0.3) is 0 Å². The van der Waals surface area contributed by atoms with Crippen molar-refractivity contribution in [2.24, 2.45) is 5.92 Å². The highest BCUT2D eigenvalue weighted by molar-refractivity contribution is 5.75. The summed E-state index contributed by atoms with van der Waals surface area (Å²) >= 11 is 0. The molecule has 0 aliphatic carbocycles. The molecule has 0 amide bonds. The van der Waals surface area contributed by atoms with Gasteiger partial charge in [0, 0.05) is 19.1 Å². The molecule has 1 N–H and O–H groups in total. The number of ether oxygens (including phenoxy) is 1. The maximum Gasteiger partial charge on any atom is 0.323 e. The third-order valence-electron chi connectivity index (χ3n) is 4.16. The van der Waals surface area contributed by atoms with Crippen molar-refractivity contribution < 1.29 is 9.53 Å². The van der Waals surface area contributed by atoms with Gasteiger partial charge in [-0.2, -0.15) is 0 Å². The lowest BCUT2D eigenvalue weighted by Gasteiger charge is -2.37. The summed E-state index contributed by atoms with van der Waals surface area (Å²) in [5.74, 6) is 0.675. The van der Waals surface area contributed by atoms with Gasteiger partial charge in [0.1, 0.15) is 6.04 Å². The standard InChI is InChI=1S/C16H32N2O2/c1-5-10-17-15(16(19)20-6-2)9-11-18-12-13(3)7-8-14(18)4/h13-15,17H,5-12H2,1-4H3. The predicted molar refractivity (Wildman–Crippen MR) is 82.8 cm³/mol. The van der Waals surface area contributed by atoms with Gasteiger partial charge in [-0.15, -0.1) is 0 Å². The second-order valence-corrected chi connectivity index (χ2v) is 6.07. The molecule has 1 saturated heterocycles. The van der Waals surface area contributed by atoms with Crippen molar-refractivity contribution in [3.05, 3.63) is 0 Å². The van der Waals surface area contributed by atoms with Crippen LogP contribution in [0.3, 0.4) is 0 Å². The molecule has 0 bridgehead atoms. The lowest BCUT2D eigenvalue weighted by atomic mass is 9.94. The van der Waals surface area contributed by atoms with Crippen LogP contribution in [0.1, 0.15) is 53.4 Å². The predicted octanol–water partition coefficient (Wildman–Crippen LogP) is 2.43. The molecule has 0 radical (unpaired) electrons. The van der Waals surface area contributed by atoms with Crippen molar-refractivity contribution in [1.82, 2.24) is 10.2 Å². The number of esters is 1. The number of nitrogens with one attached hydrogen (secondary N) is 1. The number of rotatable bonds is 8. The fraction of sp³-hybridized carbons (Fsp3) is 0.938. The third kappa shape index (κ3) is 5.80. The summed E-state index contributed by atoms with van der Waals surface area (Å²) in [6, 6.07) is 0.486. The van der Waals surface area contributed by atoms with Crippen LogP contribution in [-0.2, 0) is 9.53 Å². The van der Waals surface area contributed by atoms with Crippen molar-refractivity contribution in [2.45, 2.75) is 65.5 Å². The molecule has 4 heteroatoms. The first-order valence-electron chi connectivity index (χ1n) is 8.22. The number of carbonyl (C=O) groups is 1. The molecule has 0 spiro atoms. The summed E-state index contributed by atoms with van der Waals surface area (Å²) in [4.78, 5) is 14.5. The van der Waals surface area contributed by atoms with E-state index in [9.17, 15) is 4.79 Å². The lowest BCUT2D eigenvalue weighted by molar-refractivity contribution is -0.146. The van der Waals surface area contributed by atoms with E-state index in [1.807, 2.05) is 6.92 Å². The number of likely N-dealkylation sites (tertiary alicyclic amines) is 1. The van der Waals surface area contributed by atoms with Crippen molar-refractivity contribution in [3.8, 4) is 0 Å². The van der Waals surface area contributed by atoms with Gasteiger partial charge in [-0.3, -0.25) is 4.79 Å². The van der Waals surface area contributed by atoms with E-state index in [1.165, 1.54) is 12.8 Å². The number of hydrogen-bond donors (Lipinski definition) is 1. The molecule has 4 nitrogen and oxygen atoms in total. The van der Waals surface area contributed by atoms with E-state index >= 15 is 0 Å². The zero-order valence-electron chi connectivity index (χ0n) is 13.7. The van der Waals surface area contributed by atoms with Gasteiger partial charge >= 0.3 is 5.97 Å². The number of piperidine rings is 1. The maximum absolute atomic E-state index is 12.0. The van der Waals surface area contributed by atoms with Gasteiger partial charge < -0.3 is 15.0 Å². The average Bonchev–Trinajstić information content (AvgIpc) is 2.42. The van der Waals surface area contributed by atoms with Gasteiger partial charge in [0.05, 0.1) is 6.61 Å². The highest BCUT2D eigenvalue weighted by Gasteiger charge is 2.25. The molecule has 0 aromatic rings. The van der Waals surface area contributed by atoms with Crippen LogP contribution >= 0.6 is 0 Å². The largest absolute Gasteiger partial charge is 0.465 e. The van der Waals surface area contributed by atoms with E-state index in [0.29, 0.717) is 12.6 Å². The molecular formula is C16H32N2O2. The Balaban J connectivity index is 2.45. The summed E-state index contributed by atoms with van der Waals surface area (Å²) in [6.45, 7) is 12.1. The van der Waals surface area contributed by atoms with Crippen LogP contribution in [0.25, 0.3) is 0 Å². The van der Waals surface area contributed by atoms with Crippen LogP contribution in [0.5, 0.6) is 0 Å². The average molecular weight is 284 g/mol. The van der Waals surface area contributed by atoms with Crippen LogP contribution in [0.4, 0.5) is 0 Å². The second kappa shape index (κ2) is 9.35. The molecule has 1 heterocycles. The summed E-state index contributed by atoms with van der Waals surface area (Å²) < 4.78 is 5.17. The third-order valence-corrected chi connectivity index (χ3v) is 4.16. The first-order chi connectivity index (χ1) is 9.58. The van der Waals surface area contributed by atoms with Gasteiger partial charge in [-0.05, 0) is 52.0 Å². The van der Waals surface area contributed by atoms with Crippen molar-refractivity contribution in [2.75, 3.05) is 26.2 Å². The number of hydrogen-bond acceptors (Lipinski definition) is 4. The molecule has 3 atom stereocenters. The smallest absolute Gasteiger partial charge is 0.323 e. The molecule has 3 unspecified atom stereocenters. The van der Waals surface area contributed by atoms with E-state index in [-0.39, 0.29) is 12.0 Å². The lowest BCUT2D eigenvalue weighted by Crippen LogP contribution is -2.45. The fourth-order valence-corrected chi connectivity index (χ4v) is 2.85. The minimum absolute atomic E-state index is 0.0985. The van der Waals surface area contributed by atoms with E-state index in [4.69, 9.17) is 4.74 Å². The quantitative estimate of drug-likeness (QED) is 0.695. The Kier molecular flexibility index (Phi) is 8.15. The molecule has 1 rings (SSSR count). The molecule has 0 aromatic heterocycles. The van der Waals surface area contributed by atoms with E-state index < -0.39 is 0 Å². The summed E-state index contributed by atoms with van der Waals surface area (Å²) in [7, 11) is 0. The highest BCUT2D eigenvalue weighted by atomic mass is 16.5. The van der Waals surface area contributed by atoms with Crippen LogP contribution < -0.4 is 5.32 Å². The Morgan fingerprint density at radius 2 is 2.10 bits per heavy atom. The van der Waals surface area contributed by atoms with Crippen LogP contribution in [0, 0.1) is 5.92 Å². The number of nitrogens with zero attached hydrogens (tertiary/aromatic N) is 1. The monoisotopic (exact) mass is 284 g/mol. The molecule has 118 valence electrons. The highest BCUT2D eigenvalue weighted by Crippen LogP contribution is 2.21. The normalized spacial score (nSPS) is 25.4. The molecule has 1 aliphatic heterocycles. The maximum atomic E-state index is 12.0. The molecular weight excluding hydrogens is 252 g/mol.